The van der Waals surface area contributed by atoms with Crippen molar-refractivity contribution in [2.75, 3.05) is 5.73 Å². The van der Waals surface area contributed by atoms with Gasteiger partial charge in [-0.15, -0.1) is 0 Å². The SMILES string of the molecule is Cn1nc(N)c2cc(C(O)C(F)(F)F)ccc21. The second-order valence-electron chi connectivity index (χ2n) is 3.73. The molecule has 0 saturated carbocycles. The number of fused-ring (bicyclic) bond motifs is 1. The van der Waals surface area contributed by atoms with E-state index in [1.54, 1.807) is 7.05 Å². The predicted octanol–water partition coefficient (Wildman–Crippen LogP) is 1.75. The van der Waals surface area contributed by atoms with Crippen molar-refractivity contribution in [1.29, 1.82) is 0 Å². The lowest BCUT2D eigenvalue weighted by molar-refractivity contribution is -0.206. The molecule has 2 aromatic rings. The number of nitrogens with two attached hydrogens (primary N) is 1. The van der Waals surface area contributed by atoms with Crippen LogP contribution in [-0.2, 0) is 7.05 Å². The zero-order valence-electron chi connectivity index (χ0n) is 8.86. The molecule has 4 nitrogen and oxygen atoms in total. The Morgan fingerprint density at radius 2 is 2.06 bits per heavy atom. The number of aromatic nitrogens is 2. The maximum atomic E-state index is 12.3. The van der Waals surface area contributed by atoms with E-state index in [0.29, 0.717) is 10.9 Å². The van der Waals surface area contributed by atoms with E-state index in [1.165, 1.54) is 22.9 Å². The zero-order chi connectivity index (χ0) is 12.8. The van der Waals surface area contributed by atoms with Crippen LogP contribution in [0.2, 0.25) is 0 Å². The summed E-state index contributed by atoms with van der Waals surface area (Å²) in [5, 5.41) is 13.4. The first-order valence-electron chi connectivity index (χ1n) is 4.77. The van der Waals surface area contributed by atoms with E-state index in [1.807, 2.05) is 0 Å². The molecule has 0 spiro atoms. The number of nitrogens with zero attached hydrogens (tertiary/aromatic N) is 2. The molecule has 0 amide bonds. The van der Waals surface area contributed by atoms with Crippen molar-refractivity contribution in [2.45, 2.75) is 12.3 Å². The number of hydrogen-bond donors (Lipinski definition) is 2. The lowest BCUT2D eigenvalue weighted by Crippen LogP contribution is -2.20. The number of rotatable bonds is 1. The molecule has 0 saturated heterocycles. The number of anilines is 1. The summed E-state index contributed by atoms with van der Waals surface area (Å²) in [5.41, 5.74) is 5.93. The molecule has 0 aliphatic rings. The lowest BCUT2D eigenvalue weighted by Gasteiger charge is -2.14. The van der Waals surface area contributed by atoms with E-state index >= 15 is 0 Å². The first kappa shape index (κ1) is 11.7. The number of aliphatic hydroxyl groups is 1. The lowest BCUT2D eigenvalue weighted by atomic mass is 10.1. The van der Waals surface area contributed by atoms with Crippen LogP contribution in [0.3, 0.4) is 0 Å². The Balaban J connectivity index is 2.55. The summed E-state index contributed by atoms with van der Waals surface area (Å²) in [6.07, 6.45) is -7.20. The summed E-state index contributed by atoms with van der Waals surface area (Å²) in [5.74, 6) is 0.138. The minimum absolute atomic E-state index is 0.138. The summed E-state index contributed by atoms with van der Waals surface area (Å²) in [4.78, 5) is 0. The molecular weight excluding hydrogens is 235 g/mol. The van der Waals surface area contributed by atoms with Crippen molar-refractivity contribution in [3.8, 4) is 0 Å². The Labute approximate surface area is 94.4 Å². The number of aliphatic hydroxyl groups excluding tert-OH is 1. The van der Waals surface area contributed by atoms with Crippen LogP contribution in [0.4, 0.5) is 19.0 Å². The molecule has 0 bridgehead atoms. The number of benzene rings is 1. The molecule has 7 heteroatoms. The Morgan fingerprint density at radius 3 is 2.65 bits per heavy atom. The highest BCUT2D eigenvalue weighted by Gasteiger charge is 2.39. The third kappa shape index (κ3) is 1.93. The van der Waals surface area contributed by atoms with Crippen molar-refractivity contribution in [1.82, 2.24) is 9.78 Å². The molecule has 1 unspecified atom stereocenters. The van der Waals surface area contributed by atoms with Crippen molar-refractivity contribution in [3.05, 3.63) is 23.8 Å². The van der Waals surface area contributed by atoms with Crippen LogP contribution in [0.1, 0.15) is 11.7 Å². The molecule has 17 heavy (non-hydrogen) atoms. The second kappa shape index (κ2) is 3.63. The molecule has 0 fully saturated rings. The van der Waals surface area contributed by atoms with Gasteiger partial charge in [-0.3, -0.25) is 4.68 Å². The van der Waals surface area contributed by atoms with Crippen molar-refractivity contribution in [3.63, 3.8) is 0 Å². The van der Waals surface area contributed by atoms with Gasteiger partial charge < -0.3 is 10.8 Å². The molecule has 92 valence electrons. The van der Waals surface area contributed by atoms with Gasteiger partial charge in [0.05, 0.1) is 5.52 Å². The van der Waals surface area contributed by atoms with Gasteiger partial charge in [0.25, 0.3) is 0 Å². The van der Waals surface area contributed by atoms with Gasteiger partial charge in [0, 0.05) is 12.4 Å². The standard InChI is InChI=1S/C10H10F3N3O/c1-16-7-3-2-5(8(17)10(11,12)13)4-6(7)9(14)15-16/h2-4,8,17H,1H3,(H2,14,15). The molecule has 2 rings (SSSR count). The van der Waals surface area contributed by atoms with Gasteiger partial charge in [0.1, 0.15) is 0 Å². The third-order valence-corrected chi connectivity index (χ3v) is 2.53. The van der Waals surface area contributed by atoms with Crippen LogP contribution in [-0.4, -0.2) is 21.1 Å². The molecule has 1 atom stereocenters. The van der Waals surface area contributed by atoms with Crippen LogP contribution >= 0.6 is 0 Å². The Bertz CT molecular complexity index is 562. The van der Waals surface area contributed by atoms with Gasteiger partial charge in [-0.2, -0.15) is 18.3 Å². The predicted molar refractivity (Wildman–Crippen MR) is 56.1 cm³/mol. The molecule has 0 radical (unpaired) electrons. The largest absolute Gasteiger partial charge is 0.418 e. The Morgan fingerprint density at radius 1 is 1.41 bits per heavy atom. The van der Waals surface area contributed by atoms with Crippen LogP contribution in [0, 0.1) is 0 Å². The maximum Gasteiger partial charge on any atom is 0.418 e. The molecule has 1 heterocycles. The number of nitrogen functional groups attached to an aromatic ring is 1. The van der Waals surface area contributed by atoms with Crippen LogP contribution in [0.25, 0.3) is 10.9 Å². The molecular formula is C10H10F3N3O. The topological polar surface area (TPSA) is 64.1 Å². The minimum atomic E-state index is -4.69. The number of hydrogen-bond acceptors (Lipinski definition) is 3. The third-order valence-electron chi connectivity index (χ3n) is 2.53. The first-order chi connectivity index (χ1) is 7.80. The van der Waals surface area contributed by atoms with Crippen LogP contribution in [0.5, 0.6) is 0 Å². The van der Waals surface area contributed by atoms with Crippen molar-refractivity contribution >= 4 is 16.7 Å². The molecule has 3 N–H and O–H groups in total. The smallest absolute Gasteiger partial charge is 0.382 e. The highest BCUT2D eigenvalue weighted by molar-refractivity contribution is 5.89. The zero-order valence-corrected chi connectivity index (χ0v) is 8.86. The van der Waals surface area contributed by atoms with Gasteiger partial charge in [0.2, 0.25) is 0 Å². The molecule has 1 aromatic heterocycles. The first-order valence-corrected chi connectivity index (χ1v) is 4.77. The summed E-state index contributed by atoms with van der Waals surface area (Å²) in [6.45, 7) is 0. The normalized spacial score (nSPS) is 14.2. The highest BCUT2D eigenvalue weighted by atomic mass is 19.4. The van der Waals surface area contributed by atoms with E-state index in [0.717, 1.165) is 0 Å². The Kier molecular flexibility index (Phi) is 2.50. The molecule has 0 aliphatic heterocycles. The van der Waals surface area contributed by atoms with E-state index in [2.05, 4.69) is 5.10 Å². The maximum absolute atomic E-state index is 12.3. The minimum Gasteiger partial charge on any atom is -0.382 e. The summed E-state index contributed by atoms with van der Waals surface area (Å²) in [6, 6.07) is 3.86. The van der Waals surface area contributed by atoms with E-state index in [9.17, 15) is 13.2 Å². The summed E-state index contributed by atoms with van der Waals surface area (Å²) < 4.78 is 38.5. The van der Waals surface area contributed by atoms with Gasteiger partial charge >= 0.3 is 6.18 Å². The second-order valence-corrected chi connectivity index (χ2v) is 3.73. The van der Waals surface area contributed by atoms with Gasteiger partial charge in [-0.1, -0.05) is 6.07 Å². The van der Waals surface area contributed by atoms with Gasteiger partial charge in [0.15, 0.2) is 11.9 Å². The quantitative estimate of drug-likeness (QED) is 0.804. The van der Waals surface area contributed by atoms with Crippen molar-refractivity contribution in [2.24, 2.45) is 7.05 Å². The molecule has 1 aromatic carbocycles. The summed E-state index contributed by atoms with van der Waals surface area (Å²) in [7, 11) is 1.64. The fraction of sp³-hybridized carbons (Fsp3) is 0.300. The van der Waals surface area contributed by atoms with Crippen molar-refractivity contribution < 1.29 is 18.3 Å². The van der Waals surface area contributed by atoms with Crippen LogP contribution < -0.4 is 5.73 Å². The van der Waals surface area contributed by atoms with E-state index in [-0.39, 0.29) is 11.4 Å². The fourth-order valence-corrected chi connectivity index (χ4v) is 1.67. The number of aryl methyl sites for hydroxylation is 1. The van der Waals surface area contributed by atoms with Crippen LogP contribution in [0.15, 0.2) is 18.2 Å². The fourth-order valence-electron chi connectivity index (χ4n) is 1.67. The molecule has 0 aliphatic carbocycles. The average molecular weight is 245 g/mol. The van der Waals surface area contributed by atoms with E-state index < -0.39 is 12.3 Å². The Hall–Kier alpha value is -1.76. The van der Waals surface area contributed by atoms with E-state index in [4.69, 9.17) is 10.8 Å². The average Bonchev–Trinajstić information content (AvgIpc) is 2.52. The monoisotopic (exact) mass is 245 g/mol. The van der Waals surface area contributed by atoms with Gasteiger partial charge in [-0.05, 0) is 17.7 Å². The number of halogens is 3. The van der Waals surface area contributed by atoms with Gasteiger partial charge in [-0.25, -0.2) is 0 Å². The summed E-state index contributed by atoms with van der Waals surface area (Å²) >= 11 is 0. The number of alkyl halides is 3. The highest BCUT2D eigenvalue weighted by Crippen LogP contribution is 2.34.